The molecular formula is C11H17N3O5. The number of carbonyl (C=O) groups is 1. The van der Waals surface area contributed by atoms with Crippen molar-refractivity contribution in [1.82, 2.24) is 14.7 Å². The molecule has 0 fully saturated rings. The van der Waals surface area contributed by atoms with Gasteiger partial charge in [-0.2, -0.15) is 0 Å². The van der Waals surface area contributed by atoms with E-state index in [-0.39, 0.29) is 25.6 Å². The molecule has 0 aromatic carbocycles. The summed E-state index contributed by atoms with van der Waals surface area (Å²) >= 11 is 0. The van der Waals surface area contributed by atoms with E-state index < -0.39 is 11.1 Å². The number of ether oxygens (including phenoxy) is 1. The molecule has 0 atom stereocenters. The Kier molecular flexibility index (Phi) is 5.97. The molecule has 1 aromatic heterocycles. The largest absolute Gasteiger partial charge is 0.395 e. The molecule has 0 aliphatic rings. The van der Waals surface area contributed by atoms with Gasteiger partial charge in [0.05, 0.1) is 13.2 Å². The highest BCUT2D eigenvalue weighted by Gasteiger charge is 2.14. The van der Waals surface area contributed by atoms with Crippen LogP contribution in [0.15, 0.2) is 21.7 Å². The number of nitrogens with one attached hydrogen (secondary N) is 1. The summed E-state index contributed by atoms with van der Waals surface area (Å²) in [4.78, 5) is 35.9. The van der Waals surface area contributed by atoms with Gasteiger partial charge in [0.2, 0.25) is 5.91 Å². The third kappa shape index (κ3) is 4.68. The van der Waals surface area contributed by atoms with Gasteiger partial charge in [0.25, 0.3) is 11.1 Å². The molecule has 1 aromatic rings. The molecule has 0 aliphatic heterocycles. The van der Waals surface area contributed by atoms with Crippen LogP contribution in [0.25, 0.3) is 0 Å². The number of nitrogens with zero attached hydrogens (tertiary/aromatic N) is 2. The van der Waals surface area contributed by atoms with E-state index in [1.165, 1.54) is 12.0 Å². The summed E-state index contributed by atoms with van der Waals surface area (Å²) < 4.78 is 5.79. The highest BCUT2D eigenvalue weighted by molar-refractivity contribution is 5.75. The van der Waals surface area contributed by atoms with E-state index in [1.54, 1.807) is 0 Å². The third-order valence-corrected chi connectivity index (χ3v) is 2.47. The molecule has 0 saturated heterocycles. The monoisotopic (exact) mass is 271 g/mol. The van der Waals surface area contributed by atoms with Gasteiger partial charge >= 0.3 is 0 Å². The van der Waals surface area contributed by atoms with Crippen molar-refractivity contribution in [3.63, 3.8) is 0 Å². The normalized spacial score (nSPS) is 10.4. The van der Waals surface area contributed by atoms with E-state index in [2.05, 4.69) is 5.10 Å². The highest BCUT2D eigenvalue weighted by atomic mass is 16.5. The molecule has 8 nitrogen and oxygen atoms in total. The fourth-order valence-corrected chi connectivity index (χ4v) is 1.50. The Morgan fingerprint density at radius 1 is 1.42 bits per heavy atom. The maximum Gasteiger partial charge on any atom is 0.265 e. The van der Waals surface area contributed by atoms with Crippen molar-refractivity contribution in [3.05, 3.63) is 32.8 Å². The van der Waals surface area contributed by atoms with Gasteiger partial charge in [-0.1, -0.05) is 0 Å². The van der Waals surface area contributed by atoms with Crippen LogP contribution in [0.3, 0.4) is 0 Å². The standard InChI is InChI=1S/C11H17N3O5/c1-19-7-5-13(4-6-15)11(18)8-14-10(17)3-2-9(16)12-14/h2-3,15H,4-8H2,1H3,(H,12,16). The lowest BCUT2D eigenvalue weighted by Gasteiger charge is -2.21. The predicted molar refractivity (Wildman–Crippen MR) is 66.9 cm³/mol. The van der Waals surface area contributed by atoms with Crippen LogP contribution in [0.5, 0.6) is 0 Å². The molecule has 1 heterocycles. The van der Waals surface area contributed by atoms with E-state index in [1.807, 2.05) is 0 Å². The number of aliphatic hydroxyl groups excluding tert-OH is 1. The SMILES string of the molecule is COCCN(CCO)C(=O)Cn1[nH]c(=O)ccc1=O. The summed E-state index contributed by atoms with van der Waals surface area (Å²) in [5, 5.41) is 11.2. The minimum atomic E-state index is -0.469. The maximum atomic E-state index is 11.9. The van der Waals surface area contributed by atoms with Crippen molar-refractivity contribution in [2.45, 2.75) is 6.54 Å². The van der Waals surface area contributed by atoms with Crippen LogP contribution in [0.1, 0.15) is 0 Å². The molecule has 0 spiro atoms. The number of amides is 1. The zero-order chi connectivity index (χ0) is 14.3. The Hall–Kier alpha value is -1.93. The second-order valence-electron chi connectivity index (χ2n) is 3.83. The van der Waals surface area contributed by atoms with Crippen LogP contribution >= 0.6 is 0 Å². The molecule has 1 amide bonds. The Morgan fingerprint density at radius 3 is 2.79 bits per heavy atom. The van der Waals surface area contributed by atoms with E-state index >= 15 is 0 Å². The van der Waals surface area contributed by atoms with Crippen molar-refractivity contribution >= 4 is 5.91 Å². The van der Waals surface area contributed by atoms with Gasteiger partial charge in [0.1, 0.15) is 6.54 Å². The first-order valence-electron chi connectivity index (χ1n) is 5.76. The third-order valence-electron chi connectivity index (χ3n) is 2.47. The minimum Gasteiger partial charge on any atom is -0.395 e. The van der Waals surface area contributed by atoms with Crippen LogP contribution in [-0.2, 0) is 16.1 Å². The van der Waals surface area contributed by atoms with Gasteiger partial charge < -0.3 is 14.7 Å². The Bertz CT molecular complexity index is 522. The zero-order valence-electron chi connectivity index (χ0n) is 10.7. The van der Waals surface area contributed by atoms with Crippen LogP contribution in [-0.4, -0.2) is 59.1 Å². The molecule has 0 unspecified atom stereocenters. The second kappa shape index (κ2) is 7.49. The van der Waals surface area contributed by atoms with Gasteiger partial charge in [-0.3, -0.25) is 19.5 Å². The summed E-state index contributed by atoms with van der Waals surface area (Å²) in [7, 11) is 1.50. The molecule has 2 N–H and O–H groups in total. The number of aromatic amines is 1. The maximum absolute atomic E-state index is 11.9. The summed E-state index contributed by atoms with van der Waals surface area (Å²) in [6, 6.07) is 2.19. The molecule has 8 heteroatoms. The van der Waals surface area contributed by atoms with Crippen molar-refractivity contribution < 1.29 is 14.6 Å². The lowest BCUT2D eigenvalue weighted by Crippen LogP contribution is -2.41. The fraction of sp³-hybridized carbons (Fsp3) is 0.545. The molecule has 0 bridgehead atoms. The number of hydrogen-bond acceptors (Lipinski definition) is 5. The van der Waals surface area contributed by atoms with E-state index in [4.69, 9.17) is 9.84 Å². The first kappa shape index (κ1) is 15.1. The van der Waals surface area contributed by atoms with Crippen LogP contribution in [0.4, 0.5) is 0 Å². The van der Waals surface area contributed by atoms with Crippen LogP contribution in [0.2, 0.25) is 0 Å². The lowest BCUT2D eigenvalue weighted by atomic mass is 10.4. The van der Waals surface area contributed by atoms with Crippen LogP contribution < -0.4 is 11.1 Å². The molecule has 0 radical (unpaired) electrons. The molecule has 0 aliphatic carbocycles. The number of H-pyrrole nitrogens is 1. The molecule has 1 rings (SSSR count). The van der Waals surface area contributed by atoms with E-state index in [0.717, 1.165) is 16.8 Å². The van der Waals surface area contributed by atoms with Gasteiger partial charge in [0, 0.05) is 32.3 Å². The fourth-order valence-electron chi connectivity index (χ4n) is 1.50. The number of methoxy groups -OCH3 is 1. The Labute approximate surface area is 109 Å². The number of aliphatic hydroxyl groups is 1. The van der Waals surface area contributed by atoms with Gasteiger partial charge in [0.15, 0.2) is 0 Å². The van der Waals surface area contributed by atoms with Gasteiger partial charge in [-0.25, -0.2) is 4.68 Å². The number of carbonyl (C=O) groups excluding carboxylic acids is 1. The first-order valence-corrected chi connectivity index (χ1v) is 5.76. The molecular weight excluding hydrogens is 254 g/mol. The number of aromatic nitrogens is 2. The summed E-state index contributed by atoms with van der Waals surface area (Å²) in [5.74, 6) is -0.380. The van der Waals surface area contributed by atoms with Gasteiger partial charge in [-0.15, -0.1) is 0 Å². The highest BCUT2D eigenvalue weighted by Crippen LogP contribution is 1.92. The predicted octanol–water partition coefficient (Wildman–Crippen LogP) is -2.00. The zero-order valence-corrected chi connectivity index (χ0v) is 10.7. The molecule has 19 heavy (non-hydrogen) atoms. The molecule has 0 saturated carbocycles. The average Bonchev–Trinajstić information content (AvgIpc) is 2.38. The quantitative estimate of drug-likeness (QED) is 0.597. The number of hydrogen-bond donors (Lipinski definition) is 2. The minimum absolute atomic E-state index is 0.147. The second-order valence-corrected chi connectivity index (χ2v) is 3.83. The van der Waals surface area contributed by atoms with E-state index in [9.17, 15) is 14.4 Å². The summed E-state index contributed by atoms with van der Waals surface area (Å²) in [6.45, 7) is 0.315. The Morgan fingerprint density at radius 2 is 2.16 bits per heavy atom. The lowest BCUT2D eigenvalue weighted by molar-refractivity contribution is -0.133. The van der Waals surface area contributed by atoms with Crippen molar-refractivity contribution in [3.8, 4) is 0 Å². The topological polar surface area (TPSA) is 105 Å². The van der Waals surface area contributed by atoms with Crippen molar-refractivity contribution in [2.24, 2.45) is 0 Å². The van der Waals surface area contributed by atoms with Crippen molar-refractivity contribution in [1.29, 1.82) is 0 Å². The summed E-state index contributed by atoms with van der Waals surface area (Å²) in [6.07, 6.45) is 0. The van der Waals surface area contributed by atoms with Crippen molar-refractivity contribution in [2.75, 3.05) is 33.4 Å². The Balaban J connectivity index is 2.77. The molecule has 106 valence electrons. The summed E-state index contributed by atoms with van der Waals surface area (Å²) in [5.41, 5.74) is -0.929. The smallest absolute Gasteiger partial charge is 0.265 e. The first-order chi connectivity index (χ1) is 9.08. The average molecular weight is 271 g/mol. The number of rotatable bonds is 7. The van der Waals surface area contributed by atoms with E-state index in [0.29, 0.717) is 13.2 Å². The van der Waals surface area contributed by atoms with Crippen LogP contribution in [0, 0.1) is 0 Å². The van der Waals surface area contributed by atoms with Gasteiger partial charge in [-0.05, 0) is 0 Å².